The van der Waals surface area contributed by atoms with Gasteiger partial charge in [-0.2, -0.15) is 0 Å². The maximum atomic E-state index is 3.73. The monoisotopic (exact) mass is 414 g/mol. The van der Waals surface area contributed by atoms with Gasteiger partial charge in [0.25, 0.3) is 0 Å². The molecule has 0 unspecified atom stereocenters. The first-order valence-corrected chi connectivity index (χ1v) is 19.1. The molecule has 0 atom stereocenters. The Labute approximate surface area is 95.6 Å². The topological polar surface area (TPSA) is 0 Å². The van der Waals surface area contributed by atoms with Crippen molar-refractivity contribution in [2.75, 3.05) is 0 Å². The quantitative estimate of drug-likeness (QED) is 0.647. The van der Waals surface area contributed by atoms with Crippen molar-refractivity contribution in [1.29, 1.82) is 0 Å². The summed E-state index contributed by atoms with van der Waals surface area (Å²) in [7, 11) is -2.17. The molecule has 0 amide bonds. The second-order valence-electron chi connectivity index (χ2n) is 2.33. The number of benzene rings is 1. The first-order valence-electron chi connectivity index (χ1n) is 3.34. The molecule has 0 saturated carbocycles. The van der Waals surface area contributed by atoms with Crippen molar-refractivity contribution in [2.45, 2.75) is 0 Å². The second kappa shape index (κ2) is 4.44. The Bertz CT molecular complexity index is 291. The third-order valence-electron chi connectivity index (χ3n) is 1.45. The zero-order valence-corrected chi connectivity index (χ0v) is 13.1. The van der Waals surface area contributed by atoms with Crippen LogP contribution in [0.4, 0.5) is 0 Å². The molecule has 12 heavy (non-hydrogen) atoms. The maximum absolute atomic E-state index is 3.73. The van der Waals surface area contributed by atoms with Crippen LogP contribution in [0.15, 0.2) is 30.8 Å². The summed E-state index contributed by atoms with van der Waals surface area (Å²) >= 11 is 10.9. The zero-order chi connectivity index (χ0) is 9.19. The van der Waals surface area contributed by atoms with E-state index in [-0.39, 0.29) is 0 Å². The van der Waals surface area contributed by atoms with E-state index in [9.17, 15) is 0 Å². The van der Waals surface area contributed by atoms with Gasteiger partial charge in [0.1, 0.15) is 0 Å². The van der Waals surface area contributed by atoms with Crippen molar-refractivity contribution < 1.29 is 0 Å². The summed E-state index contributed by atoms with van der Waals surface area (Å²) in [4.78, 5) is 0. The van der Waals surface area contributed by atoms with Gasteiger partial charge in [-0.3, -0.25) is 0 Å². The molecule has 0 aliphatic carbocycles. The molecule has 1 rings (SSSR count). The molecule has 64 valence electrons. The van der Waals surface area contributed by atoms with Crippen LogP contribution in [0.25, 0.3) is 6.08 Å². The predicted octanol–water partition coefficient (Wildman–Crippen LogP) is 3.66. The summed E-state index contributed by atoms with van der Waals surface area (Å²) < 4.78 is 1.30. The van der Waals surface area contributed by atoms with Crippen LogP contribution in [-0.4, -0.2) is 7.74 Å². The second-order valence-corrected chi connectivity index (χ2v) is 40.8. The van der Waals surface area contributed by atoms with Gasteiger partial charge in [-0.1, -0.05) is 0 Å². The molecule has 0 spiro atoms. The third kappa shape index (κ3) is 3.01. The summed E-state index contributed by atoms with van der Waals surface area (Å²) in [6.07, 6.45) is 1.85. The number of halogens is 3. The van der Waals surface area contributed by atoms with Crippen LogP contribution in [0.5, 0.6) is 0 Å². The van der Waals surface area contributed by atoms with Crippen molar-refractivity contribution in [3.63, 3.8) is 0 Å². The van der Waals surface area contributed by atoms with Gasteiger partial charge < -0.3 is 0 Å². The Morgan fingerprint density at radius 2 is 1.92 bits per heavy atom. The van der Waals surface area contributed by atoms with Crippen LogP contribution in [-0.2, 0) is 0 Å². The molecule has 0 radical (unpaired) electrons. The molecular weight excluding hydrogens is 408 g/mol. The van der Waals surface area contributed by atoms with Crippen LogP contribution < -0.4 is 4.40 Å². The average molecular weight is 415 g/mol. The molecule has 1 aromatic carbocycles. The van der Waals surface area contributed by atoms with E-state index < -0.39 is 7.74 Å². The summed E-state index contributed by atoms with van der Waals surface area (Å²) in [6, 6.07) is 8.31. The van der Waals surface area contributed by atoms with Gasteiger partial charge in [0.05, 0.1) is 0 Å². The van der Waals surface area contributed by atoms with Crippen molar-refractivity contribution in [3.05, 3.63) is 36.4 Å². The molecule has 4 heteroatoms. The number of hydrogen-bond donors (Lipinski definition) is 0. The predicted molar refractivity (Wildman–Crippen MR) is 68.7 cm³/mol. The van der Waals surface area contributed by atoms with E-state index in [2.05, 4.69) is 60.7 Å². The fourth-order valence-corrected chi connectivity index (χ4v) is 5.98. The number of rotatable bonds is 2. The summed E-state index contributed by atoms with van der Waals surface area (Å²) in [6.45, 7) is 3.73. The number of hydrogen-bond acceptors (Lipinski definition) is 0. The van der Waals surface area contributed by atoms with E-state index in [0.717, 1.165) is 5.56 Å². The van der Waals surface area contributed by atoms with Gasteiger partial charge in [-0.05, 0) is 0 Å². The molecule has 0 nitrogen and oxygen atoms in total. The minimum absolute atomic E-state index is 1.15. The first kappa shape index (κ1) is 11.0. The Morgan fingerprint density at radius 1 is 1.25 bits per heavy atom. The van der Waals surface area contributed by atoms with Gasteiger partial charge in [-0.15, -0.1) is 0 Å². The van der Waals surface area contributed by atoms with Crippen molar-refractivity contribution in [1.82, 2.24) is 0 Å². The Hall–Kier alpha value is 0.943. The van der Waals surface area contributed by atoms with E-state index in [4.69, 9.17) is 0 Å². The van der Waals surface area contributed by atoms with E-state index in [1.165, 1.54) is 4.40 Å². The van der Waals surface area contributed by atoms with Crippen molar-refractivity contribution in [2.24, 2.45) is 0 Å². The summed E-state index contributed by atoms with van der Waals surface area (Å²) in [5.74, 6) is 0. The van der Waals surface area contributed by atoms with Crippen molar-refractivity contribution >= 4 is 60.2 Å². The zero-order valence-electron chi connectivity index (χ0n) is 6.23. The Kier molecular flexibility index (Phi) is 4.08. The molecule has 0 bridgehead atoms. The first-order chi connectivity index (χ1) is 5.54. The van der Waals surface area contributed by atoms with Gasteiger partial charge in [-0.25, -0.2) is 0 Å². The summed E-state index contributed by atoms with van der Waals surface area (Å²) in [5.41, 5.74) is 1.15. The fourth-order valence-electron chi connectivity index (χ4n) is 0.842. The van der Waals surface area contributed by atoms with E-state index in [1.54, 1.807) is 0 Å². The molecular formula is C8H7Br3Ge. The van der Waals surface area contributed by atoms with Crippen LogP contribution >= 0.6 is 42.0 Å². The van der Waals surface area contributed by atoms with Crippen LogP contribution in [0.1, 0.15) is 5.56 Å². The Morgan fingerprint density at radius 3 is 2.42 bits per heavy atom. The van der Waals surface area contributed by atoms with E-state index >= 15 is 0 Å². The van der Waals surface area contributed by atoms with Gasteiger partial charge in [0.15, 0.2) is 0 Å². The molecule has 0 aromatic heterocycles. The van der Waals surface area contributed by atoms with E-state index in [0.29, 0.717) is 0 Å². The fraction of sp³-hybridized carbons (Fsp3) is 0. The van der Waals surface area contributed by atoms with Gasteiger partial charge >= 0.3 is 96.6 Å². The van der Waals surface area contributed by atoms with Crippen LogP contribution in [0.3, 0.4) is 0 Å². The molecule has 0 N–H and O–H groups in total. The molecule has 0 fully saturated rings. The van der Waals surface area contributed by atoms with E-state index in [1.807, 2.05) is 18.2 Å². The molecule has 0 saturated heterocycles. The summed E-state index contributed by atoms with van der Waals surface area (Å²) in [5, 5.41) is 0. The standard InChI is InChI=1S/C8H7Br3Ge/c1-2-7-4-3-5-8(6-7)12(9,10)11/h2-6H,1H2. The molecule has 0 aliphatic heterocycles. The normalized spacial score (nSPS) is 11.2. The van der Waals surface area contributed by atoms with Crippen LogP contribution in [0, 0.1) is 0 Å². The van der Waals surface area contributed by atoms with Gasteiger partial charge in [0, 0.05) is 0 Å². The minimum atomic E-state index is -2.17. The Balaban J connectivity index is 3.10. The molecule has 1 aromatic rings. The average Bonchev–Trinajstić information content (AvgIpc) is 2.03. The van der Waals surface area contributed by atoms with Crippen LogP contribution in [0.2, 0.25) is 0 Å². The SMILES string of the molecule is C=Cc1ccc[c]([Ge]([Br])([Br])[Br])c1. The van der Waals surface area contributed by atoms with Gasteiger partial charge in [0.2, 0.25) is 0 Å². The molecule has 0 aliphatic rings. The van der Waals surface area contributed by atoms with Crippen molar-refractivity contribution in [3.8, 4) is 0 Å². The third-order valence-corrected chi connectivity index (χ3v) is 10.6. The molecule has 0 heterocycles.